The lowest BCUT2D eigenvalue weighted by Crippen LogP contribution is -2.43. The minimum Gasteiger partial charge on any atom is -0.489 e. The Labute approximate surface area is 215 Å². The summed E-state index contributed by atoms with van der Waals surface area (Å²) in [6.07, 6.45) is 2.34. The molecule has 0 saturated carbocycles. The predicted octanol–water partition coefficient (Wildman–Crippen LogP) is 4.45. The van der Waals surface area contributed by atoms with Gasteiger partial charge in [-0.05, 0) is 84.2 Å². The van der Waals surface area contributed by atoms with Gasteiger partial charge < -0.3 is 19.8 Å². The van der Waals surface area contributed by atoms with Gasteiger partial charge in [0, 0.05) is 13.1 Å². The number of nitrogens with one attached hydrogen (secondary N) is 2. The van der Waals surface area contributed by atoms with Gasteiger partial charge in [-0.2, -0.15) is 0 Å². The number of aryl methyl sites for hydroxylation is 3. The van der Waals surface area contributed by atoms with Gasteiger partial charge in [-0.25, -0.2) is 9.98 Å². The van der Waals surface area contributed by atoms with E-state index in [-0.39, 0.29) is 30.1 Å². The van der Waals surface area contributed by atoms with Gasteiger partial charge in [0.1, 0.15) is 17.6 Å². The average Bonchev–Trinajstić information content (AvgIpc) is 3.08. The molecule has 2 aromatic rings. The molecule has 2 heterocycles. The van der Waals surface area contributed by atoms with Gasteiger partial charge in [0.2, 0.25) is 5.89 Å². The van der Waals surface area contributed by atoms with Crippen LogP contribution in [0.4, 0.5) is 0 Å². The van der Waals surface area contributed by atoms with Crippen LogP contribution in [0.2, 0.25) is 0 Å². The van der Waals surface area contributed by atoms with Gasteiger partial charge in [0.25, 0.3) is 0 Å². The highest BCUT2D eigenvalue weighted by Crippen LogP contribution is 2.19. The van der Waals surface area contributed by atoms with Crippen LogP contribution in [0.5, 0.6) is 5.75 Å². The largest absolute Gasteiger partial charge is 0.489 e. The normalized spacial score (nSPS) is 16.2. The van der Waals surface area contributed by atoms with Gasteiger partial charge in [-0.15, -0.1) is 24.0 Å². The molecule has 33 heavy (non-hydrogen) atoms. The first-order chi connectivity index (χ1) is 15.4. The molecule has 7 nitrogen and oxygen atoms in total. The molecule has 1 aliphatic rings. The Balaban J connectivity index is 0.00000385. The maximum Gasteiger partial charge on any atom is 0.208 e. The van der Waals surface area contributed by atoms with Crippen molar-refractivity contribution < 1.29 is 9.15 Å². The molecular formula is C25H40IN5O2. The fraction of sp³-hybridized carbons (Fsp3) is 0.600. The summed E-state index contributed by atoms with van der Waals surface area (Å²) in [5.74, 6) is 4.16. The van der Waals surface area contributed by atoms with Crippen LogP contribution in [0.1, 0.15) is 49.6 Å². The average molecular weight is 570 g/mol. The van der Waals surface area contributed by atoms with Gasteiger partial charge in [-0.1, -0.05) is 12.1 Å². The van der Waals surface area contributed by atoms with Crippen LogP contribution in [-0.2, 0) is 6.54 Å². The highest BCUT2D eigenvalue weighted by molar-refractivity contribution is 14.0. The summed E-state index contributed by atoms with van der Waals surface area (Å²) in [4.78, 5) is 11.7. The number of likely N-dealkylation sites (tertiary alicyclic amines) is 1. The molecule has 0 bridgehead atoms. The Hall–Kier alpha value is -1.81. The van der Waals surface area contributed by atoms with E-state index in [2.05, 4.69) is 53.4 Å². The summed E-state index contributed by atoms with van der Waals surface area (Å²) >= 11 is 0. The monoisotopic (exact) mass is 569 g/mol. The number of aliphatic imine (C=N–C) groups is 1. The van der Waals surface area contributed by atoms with Crippen LogP contribution in [0.15, 0.2) is 33.7 Å². The Bertz CT molecular complexity index is 858. The van der Waals surface area contributed by atoms with Crippen LogP contribution in [-0.4, -0.2) is 54.7 Å². The van der Waals surface area contributed by atoms with Crippen molar-refractivity contribution in [3.63, 3.8) is 0 Å². The molecule has 184 valence electrons. The molecule has 1 aromatic heterocycles. The summed E-state index contributed by atoms with van der Waals surface area (Å²) in [5.41, 5.74) is 2.19. The van der Waals surface area contributed by atoms with Crippen molar-refractivity contribution >= 4 is 29.9 Å². The van der Waals surface area contributed by atoms with Crippen LogP contribution in [0, 0.1) is 26.7 Å². The van der Waals surface area contributed by atoms with E-state index in [0.29, 0.717) is 12.5 Å². The number of benzene rings is 1. The zero-order valence-corrected chi connectivity index (χ0v) is 23.0. The Kier molecular flexibility index (Phi) is 11.5. The van der Waals surface area contributed by atoms with E-state index in [0.717, 1.165) is 74.6 Å². The summed E-state index contributed by atoms with van der Waals surface area (Å²) in [6, 6.07) is 8.14. The number of ether oxygens (including phenoxy) is 1. The standard InChI is InChI=1S/C25H39N5O2.HI/c1-6-26-25(27-15-19(3)31-23-9-7-8-18(2)14-23)28-16-22-10-12-30(13-11-22)17-24-29-20(4)21(5)32-24;/h7-9,14,19,22H,6,10-13,15-17H2,1-5H3,(H2,26,27,28);1H. The summed E-state index contributed by atoms with van der Waals surface area (Å²) in [5, 5.41) is 6.88. The zero-order valence-electron chi connectivity index (χ0n) is 20.7. The van der Waals surface area contributed by atoms with E-state index in [1.165, 1.54) is 5.56 Å². The molecule has 1 aromatic carbocycles. The minimum absolute atomic E-state index is 0. The van der Waals surface area contributed by atoms with E-state index < -0.39 is 0 Å². The second-order valence-electron chi connectivity index (χ2n) is 8.81. The third-order valence-electron chi connectivity index (χ3n) is 5.87. The van der Waals surface area contributed by atoms with E-state index >= 15 is 0 Å². The molecule has 3 rings (SSSR count). The number of rotatable bonds is 9. The van der Waals surface area contributed by atoms with Crippen molar-refractivity contribution in [3.05, 3.63) is 47.2 Å². The van der Waals surface area contributed by atoms with E-state index in [4.69, 9.17) is 14.1 Å². The highest BCUT2D eigenvalue weighted by atomic mass is 127. The molecule has 1 unspecified atom stereocenters. The lowest BCUT2D eigenvalue weighted by molar-refractivity contribution is 0.164. The topological polar surface area (TPSA) is 74.9 Å². The Morgan fingerprint density at radius 2 is 2.00 bits per heavy atom. The third kappa shape index (κ3) is 9.16. The number of guanidine groups is 1. The fourth-order valence-corrected chi connectivity index (χ4v) is 3.91. The van der Waals surface area contributed by atoms with Crippen molar-refractivity contribution in [2.75, 3.05) is 32.7 Å². The first-order valence-corrected chi connectivity index (χ1v) is 11.8. The number of nitrogens with zero attached hydrogens (tertiary/aromatic N) is 3. The van der Waals surface area contributed by atoms with Crippen molar-refractivity contribution in [1.82, 2.24) is 20.5 Å². The Morgan fingerprint density at radius 3 is 2.64 bits per heavy atom. The second-order valence-corrected chi connectivity index (χ2v) is 8.81. The molecular weight excluding hydrogens is 529 g/mol. The smallest absolute Gasteiger partial charge is 0.208 e. The maximum absolute atomic E-state index is 6.01. The predicted molar refractivity (Wildman–Crippen MR) is 145 cm³/mol. The van der Waals surface area contributed by atoms with Gasteiger partial charge >= 0.3 is 0 Å². The minimum atomic E-state index is 0. The Morgan fingerprint density at radius 1 is 1.24 bits per heavy atom. The number of halogens is 1. The van der Waals surface area contributed by atoms with Crippen LogP contribution in [0.25, 0.3) is 0 Å². The van der Waals surface area contributed by atoms with Crippen molar-refractivity contribution in [3.8, 4) is 5.75 Å². The third-order valence-corrected chi connectivity index (χ3v) is 5.87. The van der Waals surface area contributed by atoms with Crippen molar-refractivity contribution in [2.24, 2.45) is 10.9 Å². The van der Waals surface area contributed by atoms with Gasteiger partial charge in [-0.3, -0.25) is 4.90 Å². The van der Waals surface area contributed by atoms with Crippen LogP contribution in [0.3, 0.4) is 0 Å². The molecule has 0 amide bonds. The first kappa shape index (κ1) is 27.4. The summed E-state index contributed by atoms with van der Waals surface area (Å²) in [7, 11) is 0. The highest BCUT2D eigenvalue weighted by Gasteiger charge is 2.21. The maximum atomic E-state index is 6.01. The van der Waals surface area contributed by atoms with Gasteiger partial charge in [0.15, 0.2) is 5.96 Å². The van der Waals surface area contributed by atoms with Crippen molar-refractivity contribution in [1.29, 1.82) is 0 Å². The summed E-state index contributed by atoms with van der Waals surface area (Å²) < 4.78 is 11.7. The first-order valence-electron chi connectivity index (χ1n) is 11.8. The molecule has 0 aliphatic carbocycles. The SMILES string of the molecule is CCNC(=NCC(C)Oc1cccc(C)c1)NCC1CCN(Cc2nc(C)c(C)o2)CC1.I. The number of hydrogen-bond acceptors (Lipinski definition) is 5. The quantitative estimate of drug-likeness (QED) is 0.264. The van der Waals surface area contributed by atoms with E-state index in [1.807, 2.05) is 26.0 Å². The molecule has 8 heteroatoms. The van der Waals surface area contributed by atoms with Gasteiger partial charge in [0.05, 0.1) is 18.8 Å². The zero-order chi connectivity index (χ0) is 22.9. The van der Waals surface area contributed by atoms with E-state index in [9.17, 15) is 0 Å². The summed E-state index contributed by atoms with van der Waals surface area (Å²) in [6.45, 7) is 15.5. The van der Waals surface area contributed by atoms with Crippen LogP contribution < -0.4 is 15.4 Å². The lowest BCUT2D eigenvalue weighted by Gasteiger charge is -2.31. The molecule has 1 saturated heterocycles. The number of piperidine rings is 1. The molecule has 2 N–H and O–H groups in total. The van der Waals surface area contributed by atoms with Crippen molar-refractivity contribution in [2.45, 2.75) is 60.1 Å². The second kappa shape index (κ2) is 13.8. The molecule has 0 spiro atoms. The molecule has 0 radical (unpaired) electrons. The molecule has 1 fully saturated rings. The molecule has 1 aliphatic heterocycles. The number of oxazole rings is 1. The number of hydrogen-bond donors (Lipinski definition) is 2. The van der Waals surface area contributed by atoms with Crippen LogP contribution >= 0.6 is 24.0 Å². The lowest BCUT2D eigenvalue weighted by atomic mass is 9.97. The fourth-order valence-electron chi connectivity index (χ4n) is 3.91. The van der Waals surface area contributed by atoms with E-state index in [1.54, 1.807) is 0 Å². The number of aromatic nitrogens is 1. The molecule has 1 atom stereocenters.